The first kappa shape index (κ1) is 22.0. The summed E-state index contributed by atoms with van der Waals surface area (Å²) < 4.78 is 39.6. The molecular weight excluding hydrogens is 403 g/mol. The molecule has 0 saturated carbocycles. The van der Waals surface area contributed by atoms with E-state index in [1.54, 1.807) is 49.4 Å². The molecule has 0 aliphatic carbocycles. The van der Waals surface area contributed by atoms with Gasteiger partial charge >= 0.3 is 6.18 Å². The van der Waals surface area contributed by atoms with Crippen LogP contribution in [0.2, 0.25) is 0 Å². The Bertz CT molecular complexity index is 1150. The van der Waals surface area contributed by atoms with Crippen molar-refractivity contribution in [3.8, 4) is 17.3 Å². The summed E-state index contributed by atoms with van der Waals surface area (Å²) in [5.41, 5.74) is 2.23. The molecule has 0 fully saturated rings. The smallest absolute Gasteiger partial charge is 0.351 e. The molecule has 1 unspecified atom stereocenters. The minimum absolute atomic E-state index is 0.0233. The van der Waals surface area contributed by atoms with Crippen LogP contribution in [-0.4, -0.2) is 10.9 Å². The summed E-state index contributed by atoms with van der Waals surface area (Å²) in [5.74, 6) is -0.830. The third-order valence-electron chi connectivity index (χ3n) is 4.92. The minimum Gasteiger partial charge on any atom is -0.351 e. The molecule has 158 valence electrons. The van der Waals surface area contributed by atoms with E-state index in [9.17, 15) is 18.0 Å². The van der Waals surface area contributed by atoms with E-state index < -0.39 is 17.8 Å². The Morgan fingerprint density at radius 2 is 1.87 bits per heavy atom. The summed E-state index contributed by atoms with van der Waals surface area (Å²) >= 11 is 0. The van der Waals surface area contributed by atoms with E-state index in [2.05, 4.69) is 10.3 Å². The maximum absolute atomic E-state index is 13.2. The summed E-state index contributed by atoms with van der Waals surface area (Å²) in [7, 11) is 0. The third kappa shape index (κ3) is 5.28. The maximum Gasteiger partial charge on any atom is 0.433 e. The molecule has 0 radical (unpaired) electrons. The van der Waals surface area contributed by atoms with E-state index in [0.717, 1.165) is 11.6 Å². The van der Waals surface area contributed by atoms with Gasteiger partial charge in [-0.3, -0.25) is 4.79 Å². The molecule has 0 spiro atoms. The topological polar surface area (TPSA) is 65.8 Å². The number of nitrogens with zero attached hydrogens (tertiary/aromatic N) is 2. The number of hydrogen-bond donors (Lipinski definition) is 1. The van der Waals surface area contributed by atoms with Gasteiger partial charge in [-0.2, -0.15) is 18.4 Å². The van der Waals surface area contributed by atoms with Crippen LogP contribution in [0.5, 0.6) is 0 Å². The lowest BCUT2D eigenvalue weighted by Crippen LogP contribution is -2.28. The minimum atomic E-state index is -4.57. The zero-order chi connectivity index (χ0) is 22.6. The second kappa shape index (κ2) is 9.00. The predicted octanol–water partition coefficient (Wildman–Crippen LogP) is 5.37. The Labute approximate surface area is 178 Å². The summed E-state index contributed by atoms with van der Waals surface area (Å²) in [4.78, 5) is 16.5. The largest absolute Gasteiger partial charge is 0.433 e. The highest BCUT2D eigenvalue weighted by Crippen LogP contribution is 2.31. The van der Waals surface area contributed by atoms with Crippen LogP contribution in [0.25, 0.3) is 11.3 Å². The highest BCUT2D eigenvalue weighted by atomic mass is 19.4. The Balaban J connectivity index is 1.87. The standard InChI is InChI=1S/C24H20F3N3O/c1-15-5-3-8-19(11-15)22-20(9-10-21(30-22)24(25,26)27)14-29-23(31)16(2)18-7-4-6-17(12-18)13-28/h3-12,16H,14H2,1-2H3,(H,29,31). The number of pyridine rings is 1. The molecule has 1 N–H and O–H groups in total. The molecule has 7 heteroatoms. The Morgan fingerprint density at radius 1 is 1.13 bits per heavy atom. The average molecular weight is 423 g/mol. The second-order valence-electron chi connectivity index (χ2n) is 7.25. The van der Waals surface area contributed by atoms with Gasteiger partial charge in [0, 0.05) is 12.1 Å². The van der Waals surface area contributed by atoms with E-state index in [1.807, 2.05) is 19.1 Å². The first-order chi connectivity index (χ1) is 14.7. The lowest BCUT2D eigenvalue weighted by molar-refractivity contribution is -0.141. The van der Waals surface area contributed by atoms with Crippen molar-refractivity contribution >= 4 is 5.91 Å². The summed E-state index contributed by atoms with van der Waals surface area (Å²) in [5, 5.41) is 11.8. The zero-order valence-corrected chi connectivity index (χ0v) is 17.0. The lowest BCUT2D eigenvalue weighted by atomic mass is 9.98. The van der Waals surface area contributed by atoms with Gasteiger partial charge in [0.25, 0.3) is 0 Å². The van der Waals surface area contributed by atoms with E-state index in [0.29, 0.717) is 22.3 Å². The number of halogens is 3. The van der Waals surface area contributed by atoms with Gasteiger partial charge in [-0.25, -0.2) is 4.98 Å². The van der Waals surface area contributed by atoms with Crippen LogP contribution in [0, 0.1) is 18.3 Å². The fourth-order valence-corrected chi connectivity index (χ4v) is 3.20. The molecule has 0 bridgehead atoms. The number of nitriles is 1. The summed E-state index contributed by atoms with van der Waals surface area (Å²) in [6.07, 6.45) is -4.57. The number of aromatic nitrogens is 1. The number of nitrogens with one attached hydrogen (secondary N) is 1. The Hall–Kier alpha value is -3.66. The van der Waals surface area contributed by atoms with Crippen LogP contribution in [0.4, 0.5) is 13.2 Å². The van der Waals surface area contributed by atoms with Crippen molar-refractivity contribution in [3.05, 3.63) is 88.6 Å². The third-order valence-corrected chi connectivity index (χ3v) is 4.92. The fraction of sp³-hybridized carbons (Fsp3) is 0.208. The van der Waals surface area contributed by atoms with Crippen molar-refractivity contribution in [2.45, 2.75) is 32.5 Å². The van der Waals surface area contributed by atoms with E-state index in [4.69, 9.17) is 5.26 Å². The van der Waals surface area contributed by atoms with Gasteiger partial charge in [0.1, 0.15) is 5.69 Å². The Morgan fingerprint density at radius 3 is 2.55 bits per heavy atom. The number of alkyl halides is 3. The van der Waals surface area contributed by atoms with Crippen LogP contribution in [-0.2, 0) is 17.5 Å². The molecule has 4 nitrogen and oxygen atoms in total. The molecular formula is C24H20F3N3O. The summed E-state index contributed by atoms with van der Waals surface area (Å²) in [6.45, 7) is 3.57. The van der Waals surface area contributed by atoms with Crippen LogP contribution in [0.15, 0.2) is 60.7 Å². The highest BCUT2D eigenvalue weighted by molar-refractivity contribution is 5.83. The molecule has 0 aliphatic heterocycles. The van der Waals surface area contributed by atoms with Crippen molar-refractivity contribution in [1.29, 1.82) is 5.26 Å². The van der Waals surface area contributed by atoms with Crippen LogP contribution in [0.1, 0.15) is 40.8 Å². The fourth-order valence-electron chi connectivity index (χ4n) is 3.20. The molecule has 3 aromatic rings. The van der Waals surface area contributed by atoms with Crippen molar-refractivity contribution in [1.82, 2.24) is 10.3 Å². The molecule has 0 saturated heterocycles. The molecule has 1 amide bonds. The number of aryl methyl sites for hydroxylation is 1. The normalized spacial score (nSPS) is 12.1. The number of hydrogen-bond acceptors (Lipinski definition) is 3. The summed E-state index contributed by atoms with van der Waals surface area (Å²) in [6, 6.07) is 18.1. The van der Waals surface area contributed by atoms with Crippen molar-refractivity contribution in [3.63, 3.8) is 0 Å². The number of carbonyl (C=O) groups excluding carboxylic acids is 1. The van der Waals surface area contributed by atoms with Gasteiger partial charge in [-0.15, -0.1) is 0 Å². The van der Waals surface area contributed by atoms with Crippen molar-refractivity contribution in [2.75, 3.05) is 0 Å². The molecule has 0 aliphatic rings. The monoisotopic (exact) mass is 423 g/mol. The van der Waals surface area contributed by atoms with Gasteiger partial charge in [0.2, 0.25) is 5.91 Å². The first-order valence-corrected chi connectivity index (χ1v) is 9.61. The average Bonchev–Trinajstić information content (AvgIpc) is 2.76. The van der Waals surface area contributed by atoms with Gasteiger partial charge in [-0.05, 0) is 49.2 Å². The Kier molecular flexibility index (Phi) is 6.40. The molecule has 1 heterocycles. The van der Waals surface area contributed by atoms with E-state index >= 15 is 0 Å². The van der Waals surface area contributed by atoms with Gasteiger partial charge in [0.15, 0.2) is 0 Å². The van der Waals surface area contributed by atoms with Crippen LogP contribution < -0.4 is 5.32 Å². The second-order valence-corrected chi connectivity index (χ2v) is 7.25. The zero-order valence-electron chi connectivity index (χ0n) is 17.0. The molecule has 2 aromatic carbocycles. The van der Waals surface area contributed by atoms with Gasteiger partial charge < -0.3 is 5.32 Å². The molecule has 3 rings (SSSR count). The SMILES string of the molecule is Cc1cccc(-c2nc(C(F)(F)F)ccc2CNC(=O)C(C)c2cccc(C#N)c2)c1. The predicted molar refractivity (Wildman–Crippen MR) is 111 cm³/mol. The van der Waals surface area contributed by atoms with Crippen molar-refractivity contribution < 1.29 is 18.0 Å². The number of rotatable bonds is 5. The maximum atomic E-state index is 13.2. The highest BCUT2D eigenvalue weighted by Gasteiger charge is 2.33. The van der Waals surface area contributed by atoms with Crippen molar-refractivity contribution in [2.24, 2.45) is 0 Å². The quantitative estimate of drug-likeness (QED) is 0.600. The van der Waals surface area contributed by atoms with E-state index in [-0.39, 0.29) is 18.1 Å². The van der Waals surface area contributed by atoms with Crippen LogP contribution in [0.3, 0.4) is 0 Å². The molecule has 1 atom stereocenters. The first-order valence-electron chi connectivity index (χ1n) is 9.61. The van der Waals surface area contributed by atoms with Crippen LogP contribution >= 0.6 is 0 Å². The van der Waals surface area contributed by atoms with Gasteiger partial charge in [0.05, 0.1) is 23.2 Å². The number of benzene rings is 2. The number of carbonyl (C=O) groups is 1. The molecule has 31 heavy (non-hydrogen) atoms. The molecule has 1 aromatic heterocycles. The van der Waals surface area contributed by atoms with E-state index in [1.165, 1.54) is 6.07 Å². The van der Waals surface area contributed by atoms with Gasteiger partial charge in [-0.1, -0.05) is 42.0 Å². The lowest BCUT2D eigenvalue weighted by Gasteiger charge is -2.16. The number of amides is 1.